The molecule has 0 aromatic heterocycles. The van der Waals surface area contributed by atoms with Crippen molar-refractivity contribution in [2.24, 2.45) is 0 Å². The summed E-state index contributed by atoms with van der Waals surface area (Å²) in [5.41, 5.74) is 0.916. The standard InChI is InChI=1S/C13H15BrN2O4/c14-8-1-2-11-9(7-8)10(4-6-20-11)16-13(19)15-5-3-12(17)18/h1-2,7,10H,3-6H2,(H,17,18)(H2,15,16,19). The predicted octanol–water partition coefficient (Wildman–Crippen LogP) is 2.05. The molecule has 0 spiro atoms. The normalized spacial score (nSPS) is 16.8. The fourth-order valence-electron chi connectivity index (χ4n) is 2.01. The van der Waals surface area contributed by atoms with E-state index in [1.54, 1.807) is 0 Å². The first kappa shape index (κ1) is 14.6. The Labute approximate surface area is 124 Å². The number of hydrogen-bond donors (Lipinski definition) is 3. The van der Waals surface area contributed by atoms with Gasteiger partial charge in [0.1, 0.15) is 5.75 Å². The summed E-state index contributed by atoms with van der Waals surface area (Å²) in [6, 6.07) is 5.14. The van der Waals surface area contributed by atoms with Gasteiger partial charge in [-0.15, -0.1) is 0 Å². The van der Waals surface area contributed by atoms with E-state index in [0.29, 0.717) is 13.0 Å². The van der Waals surface area contributed by atoms with Crippen molar-refractivity contribution in [2.45, 2.75) is 18.9 Å². The number of carbonyl (C=O) groups excluding carboxylic acids is 1. The van der Waals surface area contributed by atoms with E-state index in [2.05, 4.69) is 26.6 Å². The quantitative estimate of drug-likeness (QED) is 0.781. The SMILES string of the molecule is O=C(O)CCNC(=O)NC1CCOc2ccc(Br)cc21. The number of carboxylic acid groups (broad SMARTS) is 1. The Kier molecular flexibility index (Phi) is 4.84. The number of fused-ring (bicyclic) bond motifs is 1. The Morgan fingerprint density at radius 3 is 3.00 bits per heavy atom. The van der Waals surface area contributed by atoms with Gasteiger partial charge < -0.3 is 20.5 Å². The van der Waals surface area contributed by atoms with Gasteiger partial charge >= 0.3 is 12.0 Å². The van der Waals surface area contributed by atoms with Gasteiger partial charge in [-0.2, -0.15) is 0 Å². The molecule has 1 aromatic rings. The minimum atomic E-state index is -0.939. The van der Waals surface area contributed by atoms with E-state index in [1.165, 1.54) is 0 Å². The molecule has 1 aliphatic rings. The Morgan fingerprint density at radius 1 is 1.45 bits per heavy atom. The molecule has 0 saturated carbocycles. The molecule has 20 heavy (non-hydrogen) atoms. The van der Waals surface area contributed by atoms with Gasteiger partial charge in [0, 0.05) is 23.0 Å². The van der Waals surface area contributed by atoms with Gasteiger partial charge in [0.15, 0.2) is 0 Å². The largest absolute Gasteiger partial charge is 0.493 e. The van der Waals surface area contributed by atoms with Crippen LogP contribution in [0.3, 0.4) is 0 Å². The van der Waals surface area contributed by atoms with E-state index in [1.807, 2.05) is 18.2 Å². The van der Waals surface area contributed by atoms with E-state index in [0.717, 1.165) is 15.8 Å². The molecule has 1 atom stereocenters. The predicted molar refractivity (Wildman–Crippen MR) is 75.8 cm³/mol. The maximum absolute atomic E-state index is 11.7. The molecule has 0 saturated heterocycles. The molecular weight excluding hydrogens is 328 g/mol. The summed E-state index contributed by atoms with van der Waals surface area (Å²) in [6.45, 7) is 0.643. The van der Waals surface area contributed by atoms with Crippen LogP contribution in [0.5, 0.6) is 5.75 Å². The third-order valence-corrected chi connectivity index (χ3v) is 3.43. The van der Waals surface area contributed by atoms with Crippen LogP contribution in [0, 0.1) is 0 Å². The maximum Gasteiger partial charge on any atom is 0.315 e. The van der Waals surface area contributed by atoms with E-state index in [9.17, 15) is 9.59 Å². The zero-order chi connectivity index (χ0) is 14.5. The lowest BCUT2D eigenvalue weighted by atomic mass is 10.0. The first-order chi connectivity index (χ1) is 9.56. The van der Waals surface area contributed by atoms with Gasteiger partial charge in [0.05, 0.1) is 19.1 Å². The minimum absolute atomic E-state index is 0.0939. The van der Waals surface area contributed by atoms with Crippen LogP contribution in [0.4, 0.5) is 4.79 Å². The van der Waals surface area contributed by atoms with Gasteiger partial charge in [0.25, 0.3) is 0 Å². The number of halogens is 1. The second-order valence-corrected chi connectivity index (χ2v) is 5.33. The van der Waals surface area contributed by atoms with Crippen LogP contribution in [0.1, 0.15) is 24.4 Å². The highest BCUT2D eigenvalue weighted by atomic mass is 79.9. The van der Waals surface area contributed by atoms with Crippen LogP contribution >= 0.6 is 15.9 Å². The molecule has 108 valence electrons. The summed E-state index contributed by atoms with van der Waals surface area (Å²) in [5.74, 6) is -0.180. The number of rotatable bonds is 4. The second-order valence-electron chi connectivity index (χ2n) is 4.42. The number of benzene rings is 1. The van der Waals surface area contributed by atoms with Crippen molar-refractivity contribution in [2.75, 3.05) is 13.2 Å². The molecule has 1 aliphatic heterocycles. The number of carboxylic acids is 1. The number of amides is 2. The number of ether oxygens (including phenoxy) is 1. The van der Waals surface area contributed by atoms with E-state index in [4.69, 9.17) is 9.84 Å². The van der Waals surface area contributed by atoms with Crippen molar-refractivity contribution < 1.29 is 19.4 Å². The first-order valence-electron chi connectivity index (χ1n) is 6.24. The average Bonchev–Trinajstić information content (AvgIpc) is 2.39. The van der Waals surface area contributed by atoms with Crippen molar-refractivity contribution in [1.82, 2.24) is 10.6 Å². The number of aliphatic carboxylic acids is 1. The summed E-state index contributed by atoms with van der Waals surface area (Å²) in [4.78, 5) is 22.1. The first-order valence-corrected chi connectivity index (χ1v) is 7.04. The molecule has 0 aliphatic carbocycles. The van der Waals surface area contributed by atoms with E-state index < -0.39 is 5.97 Å². The Hall–Kier alpha value is -1.76. The molecule has 7 heteroatoms. The highest BCUT2D eigenvalue weighted by Crippen LogP contribution is 2.33. The van der Waals surface area contributed by atoms with Crippen LogP contribution in [-0.2, 0) is 4.79 Å². The Morgan fingerprint density at radius 2 is 2.25 bits per heavy atom. The monoisotopic (exact) mass is 342 g/mol. The van der Waals surface area contributed by atoms with Crippen molar-refractivity contribution in [3.8, 4) is 5.75 Å². The smallest absolute Gasteiger partial charge is 0.315 e. The molecule has 0 bridgehead atoms. The number of hydrogen-bond acceptors (Lipinski definition) is 3. The molecule has 0 fully saturated rings. The van der Waals surface area contributed by atoms with Crippen molar-refractivity contribution >= 4 is 27.9 Å². The second kappa shape index (κ2) is 6.60. The van der Waals surface area contributed by atoms with Gasteiger partial charge in [-0.1, -0.05) is 15.9 Å². The molecule has 0 radical (unpaired) electrons. The Bertz CT molecular complexity index is 521. The fraction of sp³-hybridized carbons (Fsp3) is 0.385. The summed E-state index contributed by atoms with van der Waals surface area (Å²) in [5, 5.41) is 13.9. The molecule has 2 rings (SSSR count). The number of nitrogens with one attached hydrogen (secondary N) is 2. The van der Waals surface area contributed by atoms with Gasteiger partial charge in [-0.05, 0) is 18.2 Å². The number of carbonyl (C=O) groups is 2. The molecule has 2 amide bonds. The summed E-state index contributed by atoms with van der Waals surface area (Å²) < 4.78 is 6.45. The van der Waals surface area contributed by atoms with Crippen molar-refractivity contribution in [3.05, 3.63) is 28.2 Å². The molecule has 3 N–H and O–H groups in total. The van der Waals surface area contributed by atoms with Gasteiger partial charge in [-0.25, -0.2) is 4.79 Å². The van der Waals surface area contributed by atoms with Crippen LogP contribution in [-0.4, -0.2) is 30.3 Å². The third kappa shape index (κ3) is 3.86. The van der Waals surface area contributed by atoms with E-state index >= 15 is 0 Å². The Balaban J connectivity index is 1.96. The average molecular weight is 343 g/mol. The maximum atomic E-state index is 11.7. The lowest BCUT2D eigenvalue weighted by Gasteiger charge is -2.27. The molecule has 1 aromatic carbocycles. The molecule has 1 heterocycles. The van der Waals surface area contributed by atoms with Crippen LogP contribution < -0.4 is 15.4 Å². The molecule has 6 nitrogen and oxygen atoms in total. The van der Waals surface area contributed by atoms with Crippen LogP contribution in [0.25, 0.3) is 0 Å². The highest BCUT2D eigenvalue weighted by molar-refractivity contribution is 9.10. The van der Waals surface area contributed by atoms with Crippen LogP contribution in [0.2, 0.25) is 0 Å². The zero-order valence-electron chi connectivity index (χ0n) is 10.7. The lowest BCUT2D eigenvalue weighted by Crippen LogP contribution is -2.40. The van der Waals surface area contributed by atoms with Gasteiger partial charge in [0.2, 0.25) is 0 Å². The van der Waals surface area contributed by atoms with Crippen molar-refractivity contribution in [3.63, 3.8) is 0 Å². The zero-order valence-corrected chi connectivity index (χ0v) is 12.3. The molecule has 1 unspecified atom stereocenters. The lowest BCUT2D eigenvalue weighted by molar-refractivity contribution is -0.136. The third-order valence-electron chi connectivity index (χ3n) is 2.94. The summed E-state index contributed by atoms with van der Waals surface area (Å²) in [6.07, 6.45) is 0.582. The van der Waals surface area contributed by atoms with Crippen molar-refractivity contribution in [1.29, 1.82) is 0 Å². The highest BCUT2D eigenvalue weighted by Gasteiger charge is 2.23. The summed E-state index contributed by atoms with van der Waals surface area (Å²) in [7, 11) is 0. The molecular formula is C13H15BrN2O4. The number of urea groups is 1. The van der Waals surface area contributed by atoms with Crippen LogP contribution in [0.15, 0.2) is 22.7 Å². The summed E-state index contributed by atoms with van der Waals surface area (Å²) >= 11 is 3.39. The topological polar surface area (TPSA) is 87.7 Å². The minimum Gasteiger partial charge on any atom is -0.493 e. The van der Waals surface area contributed by atoms with Gasteiger partial charge in [-0.3, -0.25) is 4.79 Å². The fourth-order valence-corrected chi connectivity index (χ4v) is 2.39. The van der Waals surface area contributed by atoms with E-state index in [-0.39, 0.29) is 25.0 Å².